The SMILES string of the molecule is CCCNc1ccnc(Cn2cnc(C)c(I)c2=O)c1. The van der Waals surface area contributed by atoms with E-state index < -0.39 is 0 Å². The number of anilines is 1. The van der Waals surface area contributed by atoms with Crippen molar-refractivity contribution in [3.63, 3.8) is 0 Å². The zero-order valence-electron chi connectivity index (χ0n) is 11.6. The van der Waals surface area contributed by atoms with Crippen LogP contribution in [0.15, 0.2) is 29.5 Å². The van der Waals surface area contributed by atoms with E-state index in [0.717, 1.165) is 30.0 Å². The molecule has 2 rings (SSSR count). The molecule has 0 bridgehead atoms. The first-order valence-corrected chi connectivity index (χ1v) is 7.60. The molecular formula is C14H17IN4O. The molecule has 0 fully saturated rings. The fourth-order valence-corrected chi connectivity index (χ4v) is 2.23. The number of rotatable bonds is 5. The zero-order chi connectivity index (χ0) is 14.5. The number of halogens is 1. The molecule has 0 saturated heterocycles. The highest BCUT2D eigenvalue weighted by Gasteiger charge is 2.06. The van der Waals surface area contributed by atoms with Gasteiger partial charge in [0.15, 0.2) is 0 Å². The van der Waals surface area contributed by atoms with Crippen LogP contribution in [0.5, 0.6) is 0 Å². The Bertz CT molecular complexity index is 654. The summed E-state index contributed by atoms with van der Waals surface area (Å²) in [5.41, 5.74) is 2.61. The van der Waals surface area contributed by atoms with Crippen LogP contribution < -0.4 is 10.9 Å². The van der Waals surface area contributed by atoms with E-state index in [9.17, 15) is 4.79 Å². The summed E-state index contributed by atoms with van der Waals surface area (Å²) >= 11 is 2.03. The summed E-state index contributed by atoms with van der Waals surface area (Å²) in [5, 5.41) is 3.31. The molecule has 0 spiro atoms. The van der Waals surface area contributed by atoms with Crippen molar-refractivity contribution >= 4 is 28.3 Å². The molecule has 2 heterocycles. The molecule has 0 unspecified atom stereocenters. The number of pyridine rings is 1. The van der Waals surface area contributed by atoms with Crippen LogP contribution in [-0.4, -0.2) is 21.1 Å². The number of hydrogen-bond acceptors (Lipinski definition) is 4. The van der Waals surface area contributed by atoms with Crippen LogP contribution in [0.1, 0.15) is 24.7 Å². The van der Waals surface area contributed by atoms with E-state index >= 15 is 0 Å². The van der Waals surface area contributed by atoms with Crippen molar-refractivity contribution in [2.75, 3.05) is 11.9 Å². The highest BCUT2D eigenvalue weighted by molar-refractivity contribution is 14.1. The quantitative estimate of drug-likeness (QED) is 0.805. The molecule has 0 amide bonds. The number of nitrogens with one attached hydrogen (secondary N) is 1. The molecule has 0 atom stereocenters. The predicted octanol–water partition coefficient (Wildman–Crippen LogP) is 2.42. The van der Waals surface area contributed by atoms with Gasteiger partial charge in [-0.3, -0.25) is 14.3 Å². The van der Waals surface area contributed by atoms with Gasteiger partial charge in [0.2, 0.25) is 0 Å². The van der Waals surface area contributed by atoms with E-state index in [1.807, 2.05) is 41.6 Å². The lowest BCUT2D eigenvalue weighted by atomic mass is 10.3. The van der Waals surface area contributed by atoms with Crippen LogP contribution in [-0.2, 0) is 6.54 Å². The topological polar surface area (TPSA) is 59.8 Å². The van der Waals surface area contributed by atoms with Gasteiger partial charge in [0.25, 0.3) is 5.56 Å². The lowest BCUT2D eigenvalue weighted by Crippen LogP contribution is -2.24. The van der Waals surface area contributed by atoms with Crippen molar-refractivity contribution in [2.24, 2.45) is 0 Å². The van der Waals surface area contributed by atoms with Crippen molar-refractivity contribution in [1.29, 1.82) is 0 Å². The Labute approximate surface area is 131 Å². The lowest BCUT2D eigenvalue weighted by Gasteiger charge is -2.09. The molecule has 0 aliphatic carbocycles. The normalized spacial score (nSPS) is 10.6. The zero-order valence-corrected chi connectivity index (χ0v) is 13.7. The van der Waals surface area contributed by atoms with Gasteiger partial charge in [-0.2, -0.15) is 0 Å². The molecule has 0 radical (unpaired) electrons. The molecule has 5 nitrogen and oxygen atoms in total. The van der Waals surface area contributed by atoms with E-state index in [-0.39, 0.29) is 5.56 Å². The molecule has 0 aliphatic heterocycles. The van der Waals surface area contributed by atoms with E-state index in [1.165, 1.54) is 0 Å². The largest absolute Gasteiger partial charge is 0.385 e. The second kappa shape index (κ2) is 6.83. The Hall–Kier alpha value is -1.44. The molecule has 20 heavy (non-hydrogen) atoms. The highest BCUT2D eigenvalue weighted by atomic mass is 127. The molecule has 106 valence electrons. The average molecular weight is 384 g/mol. The maximum absolute atomic E-state index is 12.1. The Balaban J connectivity index is 2.22. The Morgan fingerprint density at radius 3 is 2.95 bits per heavy atom. The maximum atomic E-state index is 12.1. The average Bonchev–Trinajstić information content (AvgIpc) is 2.46. The molecular weight excluding hydrogens is 367 g/mol. The van der Waals surface area contributed by atoms with Crippen molar-refractivity contribution in [2.45, 2.75) is 26.8 Å². The standard InChI is InChI=1S/C14H17IN4O/c1-3-5-16-11-4-6-17-12(7-11)8-19-9-18-10(2)13(15)14(19)20/h4,6-7,9H,3,5,8H2,1-2H3,(H,16,17). The Morgan fingerprint density at radius 1 is 1.40 bits per heavy atom. The van der Waals surface area contributed by atoms with Crippen LogP contribution in [0.4, 0.5) is 5.69 Å². The minimum Gasteiger partial charge on any atom is -0.385 e. The number of aryl methyl sites for hydroxylation is 1. The molecule has 0 aromatic carbocycles. The minimum absolute atomic E-state index is 0.0215. The van der Waals surface area contributed by atoms with Gasteiger partial charge in [-0.05, 0) is 48.1 Å². The maximum Gasteiger partial charge on any atom is 0.267 e. The summed E-state index contributed by atoms with van der Waals surface area (Å²) in [4.78, 5) is 20.6. The van der Waals surface area contributed by atoms with Gasteiger partial charge < -0.3 is 5.32 Å². The van der Waals surface area contributed by atoms with E-state index in [4.69, 9.17) is 0 Å². The molecule has 2 aromatic heterocycles. The molecule has 6 heteroatoms. The number of hydrogen-bond donors (Lipinski definition) is 1. The Kier molecular flexibility index (Phi) is 5.11. The third-order valence-electron chi connectivity index (χ3n) is 2.89. The van der Waals surface area contributed by atoms with Crippen molar-refractivity contribution in [1.82, 2.24) is 14.5 Å². The van der Waals surface area contributed by atoms with Crippen molar-refractivity contribution < 1.29 is 0 Å². The third-order valence-corrected chi connectivity index (χ3v) is 4.13. The van der Waals surface area contributed by atoms with E-state index in [2.05, 4.69) is 22.2 Å². The Morgan fingerprint density at radius 2 is 2.20 bits per heavy atom. The van der Waals surface area contributed by atoms with Gasteiger partial charge in [0.05, 0.1) is 27.8 Å². The van der Waals surface area contributed by atoms with Crippen molar-refractivity contribution in [3.8, 4) is 0 Å². The van der Waals surface area contributed by atoms with Crippen molar-refractivity contribution in [3.05, 3.63) is 50.0 Å². The van der Waals surface area contributed by atoms with Crippen LogP contribution in [0.25, 0.3) is 0 Å². The van der Waals surface area contributed by atoms with Crippen LogP contribution in [0, 0.1) is 10.5 Å². The summed E-state index contributed by atoms with van der Waals surface area (Å²) < 4.78 is 2.24. The van der Waals surface area contributed by atoms with Gasteiger partial charge >= 0.3 is 0 Å². The fourth-order valence-electron chi connectivity index (χ4n) is 1.78. The summed E-state index contributed by atoms with van der Waals surface area (Å²) in [6.45, 7) is 5.31. The van der Waals surface area contributed by atoms with Gasteiger partial charge in [0.1, 0.15) is 0 Å². The van der Waals surface area contributed by atoms with Crippen LogP contribution in [0.3, 0.4) is 0 Å². The van der Waals surface area contributed by atoms with Gasteiger partial charge in [-0.25, -0.2) is 4.98 Å². The smallest absolute Gasteiger partial charge is 0.267 e. The number of aromatic nitrogens is 3. The second-order valence-corrected chi connectivity index (χ2v) is 5.62. The van der Waals surface area contributed by atoms with Gasteiger partial charge in [-0.15, -0.1) is 0 Å². The lowest BCUT2D eigenvalue weighted by molar-refractivity contribution is 0.708. The summed E-state index contributed by atoms with van der Waals surface area (Å²) in [7, 11) is 0. The van der Waals surface area contributed by atoms with Crippen LogP contribution in [0.2, 0.25) is 0 Å². The van der Waals surface area contributed by atoms with E-state index in [0.29, 0.717) is 10.1 Å². The second-order valence-electron chi connectivity index (χ2n) is 4.54. The molecule has 2 aromatic rings. The molecule has 0 aliphatic rings. The van der Waals surface area contributed by atoms with Gasteiger partial charge in [0, 0.05) is 18.4 Å². The van der Waals surface area contributed by atoms with Crippen LogP contribution >= 0.6 is 22.6 Å². The first-order chi connectivity index (χ1) is 9.61. The van der Waals surface area contributed by atoms with Gasteiger partial charge in [-0.1, -0.05) is 6.92 Å². The monoisotopic (exact) mass is 384 g/mol. The van der Waals surface area contributed by atoms with E-state index in [1.54, 1.807) is 17.1 Å². The summed E-state index contributed by atoms with van der Waals surface area (Å²) in [5.74, 6) is 0. The fraction of sp³-hybridized carbons (Fsp3) is 0.357. The molecule has 0 saturated carbocycles. The first kappa shape index (κ1) is 15.0. The predicted molar refractivity (Wildman–Crippen MR) is 88.1 cm³/mol. The number of nitrogens with zero attached hydrogens (tertiary/aromatic N) is 3. The highest BCUT2D eigenvalue weighted by Crippen LogP contribution is 2.09. The third kappa shape index (κ3) is 3.56. The minimum atomic E-state index is -0.0215. The summed E-state index contributed by atoms with van der Waals surface area (Å²) in [6, 6.07) is 3.90. The first-order valence-electron chi connectivity index (χ1n) is 6.52. The summed E-state index contributed by atoms with van der Waals surface area (Å²) in [6.07, 6.45) is 4.40. The molecule has 1 N–H and O–H groups in total.